The van der Waals surface area contributed by atoms with Crippen LogP contribution in [0.1, 0.15) is 23.6 Å². The summed E-state index contributed by atoms with van der Waals surface area (Å²) in [6, 6.07) is 3.98. The molecule has 0 saturated heterocycles. The van der Waals surface area contributed by atoms with Gasteiger partial charge in [0.15, 0.2) is 0 Å². The van der Waals surface area contributed by atoms with Crippen LogP contribution in [-0.4, -0.2) is 18.3 Å². The van der Waals surface area contributed by atoms with E-state index in [4.69, 9.17) is 9.47 Å². The molecule has 3 heteroatoms. The summed E-state index contributed by atoms with van der Waals surface area (Å²) in [5, 5.41) is 9.46. The number of hydrogen-bond acceptors (Lipinski definition) is 3. The summed E-state index contributed by atoms with van der Waals surface area (Å²) in [5.41, 5.74) is 3.49. The highest BCUT2D eigenvalue weighted by Crippen LogP contribution is 2.31. The lowest BCUT2D eigenvalue weighted by atomic mass is 9.98. The second-order valence-electron chi connectivity index (χ2n) is 3.93. The molecule has 0 spiro atoms. The van der Waals surface area contributed by atoms with E-state index in [0.29, 0.717) is 19.6 Å². The quantitative estimate of drug-likeness (QED) is 0.820. The van der Waals surface area contributed by atoms with Crippen LogP contribution in [0.2, 0.25) is 0 Å². The number of benzene rings is 1. The monoisotopic (exact) mass is 208 g/mol. The molecule has 0 amide bonds. The lowest BCUT2D eigenvalue weighted by molar-refractivity contribution is 0.133. The lowest BCUT2D eigenvalue weighted by Crippen LogP contribution is -2.08. The Labute approximate surface area is 89.6 Å². The first-order valence-corrected chi connectivity index (χ1v) is 5.15. The SMILES string of the molecule is COc1ccc2c(c1CC(C)O)COC2. The molecule has 3 nitrogen and oxygen atoms in total. The number of methoxy groups -OCH3 is 1. The van der Waals surface area contributed by atoms with Crippen molar-refractivity contribution in [3.05, 3.63) is 28.8 Å². The first-order chi connectivity index (χ1) is 7.22. The van der Waals surface area contributed by atoms with Crippen molar-refractivity contribution >= 4 is 0 Å². The van der Waals surface area contributed by atoms with Crippen molar-refractivity contribution in [1.82, 2.24) is 0 Å². The molecule has 1 heterocycles. The summed E-state index contributed by atoms with van der Waals surface area (Å²) in [6.07, 6.45) is 0.265. The van der Waals surface area contributed by atoms with Gasteiger partial charge in [-0.2, -0.15) is 0 Å². The average molecular weight is 208 g/mol. The summed E-state index contributed by atoms with van der Waals surface area (Å²) in [4.78, 5) is 0. The second-order valence-corrected chi connectivity index (χ2v) is 3.93. The summed E-state index contributed by atoms with van der Waals surface area (Å²) < 4.78 is 10.7. The summed E-state index contributed by atoms with van der Waals surface area (Å²) in [6.45, 7) is 3.09. The van der Waals surface area contributed by atoms with Gasteiger partial charge in [0.05, 0.1) is 26.4 Å². The smallest absolute Gasteiger partial charge is 0.122 e. The van der Waals surface area contributed by atoms with Crippen molar-refractivity contribution in [2.75, 3.05) is 7.11 Å². The Balaban J connectivity index is 2.42. The van der Waals surface area contributed by atoms with E-state index in [1.165, 1.54) is 11.1 Å². The van der Waals surface area contributed by atoms with Crippen molar-refractivity contribution in [3.63, 3.8) is 0 Å². The highest BCUT2D eigenvalue weighted by Gasteiger charge is 2.19. The van der Waals surface area contributed by atoms with E-state index in [-0.39, 0.29) is 6.10 Å². The van der Waals surface area contributed by atoms with Crippen molar-refractivity contribution in [2.24, 2.45) is 0 Å². The molecular weight excluding hydrogens is 192 g/mol. The molecule has 1 unspecified atom stereocenters. The third-order valence-corrected chi connectivity index (χ3v) is 2.71. The van der Waals surface area contributed by atoms with E-state index >= 15 is 0 Å². The average Bonchev–Trinajstić information content (AvgIpc) is 2.65. The van der Waals surface area contributed by atoms with Crippen LogP contribution in [0.5, 0.6) is 5.75 Å². The number of hydrogen-bond donors (Lipinski definition) is 1. The second kappa shape index (κ2) is 4.21. The number of rotatable bonds is 3. The minimum atomic E-state index is -0.356. The maximum Gasteiger partial charge on any atom is 0.122 e. The number of ether oxygens (including phenoxy) is 2. The van der Waals surface area contributed by atoms with E-state index in [1.807, 2.05) is 12.1 Å². The molecule has 0 radical (unpaired) electrons. The van der Waals surface area contributed by atoms with Gasteiger partial charge in [-0.1, -0.05) is 6.07 Å². The fourth-order valence-electron chi connectivity index (χ4n) is 2.01. The normalized spacial score (nSPS) is 16.2. The Morgan fingerprint density at radius 3 is 2.93 bits per heavy atom. The van der Waals surface area contributed by atoms with Crippen LogP contribution in [0.15, 0.2) is 12.1 Å². The Bertz CT molecular complexity index is 358. The Morgan fingerprint density at radius 2 is 2.27 bits per heavy atom. The zero-order valence-electron chi connectivity index (χ0n) is 9.12. The molecule has 82 valence electrons. The van der Waals surface area contributed by atoms with Crippen LogP contribution in [-0.2, 0) is 24.4 Å². The minimum absolute atomic E-state index is 0.356. The van der Waals surface area contributed by atoms with Gasteiger partial charge in [-0.25, -0.2) is 0 Å². The molecule has 1 aliphatic heterocycles. The van der Waals surface area contributed by atoms with Crippen molar-refractivity contribution in [1.29, 1.82) is 0 Å². The van der Waals surface area contributed by atoms with Gasteiger partial charge in [0.1, 0.15) is 5.75 Å². The van der Waals surface area contributed by atoms with Gasteiger partial charge < -0.3 is 14.6 Å². The molecule has 1 aliphatic rings. The van der Waals surface area contributed by atoms with Crippen molar-refractivity contribution in [3.8, 4) is 5.75 Å². The van der Waals surface area contributed by atoms with Crippen LogP contribution in [0.25, 0.3) is 0 Å². The highest BCUT2D eigenvalue weighted by molar-refractivity contribution is 5.46. The van der Waals surface area contributed by atoms with Crippen LogP contribution >= 0.6 is 0 Å². The van der Waals surface area contributed by atoms with E-state index < -0.39 is 0 Å². The van der Waals surface area contributed by atoms with E-state index in [1.54, 1.807) is 14.0 Å². The van der Waals surface area contributed by atoms with Gasteiger partial charge in [0, 0.05) is 12.0 Å². The molecule has 0 bridgehead atoms. The molecule has 0 aliphatic carbocycles. The van der Waals surface area contributed by atoms with Crippen molar-refractivity contribution < 1.29 is 14.6 Å². The molecule has 1 atom stereocenters. The lowest BCUT2D eigenvalue weighted by Gasteiger charge is -2.14. The minimum Gasteiger partial charge on any atom is -0.496 e. The van der Waals surface area contributed by atoms with E-state index in [9.17, 15) is 5.11 Å². The van der Waals surface area contributed by atoms with Crippen LogP contribution in [0.3, 0.4) is 0 Å². The number of aliphatic hydroxyl groups is 1. The van der Waals surface area contributed by atoms with Crippen LogP contribution < -0.4 is 4.74 Å². The molecule has 0 fully saturated rings. The topological polar surface area (TPSA) is 38.7 Å². The van der Waals surface area contributed by atoms with Gasteiger partial charge in [0.2, 0.25) is 0 Å². The van der Waals surface area contributed by atoms with Gasteiger partial charge in [-0.15, -0.1) is 0 Å². The van der Waals surface area contributed by atoms with Gasteiger partial charge in [-0.3, -0.25) is 0 Å². The summed E-state index contributed by atoms with van der Waals surface area (Å²) >= 11 is 0. The van der Waals surface area contributed by atoms with Gasteiger partial charge in [0.25, 0.3) is 0 Å². The predicted molar refractivity (Wildman–Crippen MR) is 56.9 cm³/mol. The third kappa shape index (κ3) is 1.98. The maximum atomic E-state index is 9.46. The van der Waals surface area contributed by atoms with E-state index in [2.05, 4.69) is 0 Å². The Morgan fingerprint density at radius 1 is 1.47 bits per heavy atom. The highest BCUT2D eigenvalue weighted by atomic mass is 16.5. The first-order valence-electron chi connectivity index (χ1n) is 5.15. The molecule has 0 aromatic heterocycles. The molecule has 1 aromatic carbocycles. The Hall–Kier alpha value is -1.06. The van der Waals surface area contributed by atoms with Crippen molar-refractivity contribution in [2.45, 2.75) is 32.7 Å². The van der Waals surface area contributed by atoms with E-state index in [0.717, 1.165) is 11.3 Å². The molecule has 1 aromatic rings. The molecule has 15 heavy (non-hydrogen) atoms. The van der Waals surface area contributed by atoms with Gasteiger partial charge in [-0.05, 0) is 24.1 Å². The third-order valence-electron chi connectivity index (χ3n) is 2.71. The molecular formula is C12H16O3. The standard InChI is InChI=1S/C12H16O3/c1-8(13)5-10-11-7-15-6-9(11)3-4-12(10)14-2/h3-4,8,13H,5-7H2,1-2H3. The number of fused-ring (bicyclic) bond motifs is 1. The van der Waals surface area contributed by atoms with Crippen LogP contribution in [0.4, 0.5) is 0 Å². The van der Waals surface area contributed by atoms with Crippen LogP contribution in [0, 0.1) is 0 Å². The van der Waals surface area contributed by atoms with Gasteiger partial charge >= 0.3 is 0 Å². The number of aliphatic hydroxyl groups excluding tert-OH is 1. The first kappa shape index (κ1) is 10.5. The summed E-state index contributed by atoms with van der Waals surface area (Å²) in [5.74, 6) is 0.847. The fraction of sp³-hybridized carbons (Fsp3) is 0.500. The molecule has 2 rings (SSSR count). The largest absolute Gasteiger partial charge is 0.496 e. The molecule has 1 N–H and O–H groups in total. The zero-order chi connectivity index (χ0) is 10.8. The Kier molecular flexibility index (Phi) is 2.93. The maximum absolute atomic E-state index is 9.46. The summed E-state index contributed by atoms with van der Waals surface area (Å²) in [7, 11) is 1.66. The predicted octanol–water partition coefficient (Wildman–Crippen LogP) is 1.65. The molecule has 0 saturated carbocycles. The zero-order valence-corrected chi connectivity index (χ0v) is 9.12. The fourth-order valence-corrected chi connectivity index (χ4v) is 2.01.